The van der Waals surface area contributed by atoms with E-state index in [1.165, 1.54) is 16.1 Å². The van der Waals surface area contributed by atoms with Crippen molar-refractivity contribution in [3.63, 3.8) is 0 Å². The molecular weight excluding hydrogens is 524 g/mol. The van der Waals surface area contributed by atoms with Crippen molar-refractivity contribution < 1.29 is 10.2 Å². The molecular formula is C33H37ClN2O2S. The number of likely N-dealkylation sites (N-methyl/N-ethyl adjacent to an activating group) is 1. The fraction of sp³-hybridized carbons (Fsp3) is 0.394. The Kier molecular flexibility index (Phi) is 6.89. The van der Waals surface area contributed by atoms with Crippen molar-refractivity contribution in [2.75, 3.05) is 16.8 Å². The summed E-state index contributed by atoms with van der Waals surface area (Å²) in [6.07, 6.45) is 7.19. The smallest absolute Gasteiger partial charge is 0.128 e. The molecule has 0 radical (unpaired) electrons. The zero-order chi connectivity index (χ0) is 27.5. The van der Waals surface area contributed by atoms with E-state index < -0.39 is 6.10 Å². The minimum absolute atomic E-state index is 0.0524. The van der Waals surface area contributed by atoms with Gasteiger partial charge in [0.1, 0.15) is 11.9 Å². The summed E-state index contributed by atoms with van der Waals surface area (Å²) < 4.78 is 0. The molecule has 0 saturated carbocycles. The van der Waals surface area contributed by atoms with Crippen LogP contribution < -0.4 is 10.2 Å². The van der Waals surface area contributed by atoms with E-state index in [1.807, 2.05) is 23.9 Å². The molecule has 3 unspecified atom stereocenters. The molecule has 2 aliphatic heterocycles. The third kappa shape index (κ3) is 4.73. The van der Waals surface area contributed by atoms with E-state index >= 15 is 0 Å². The Hall–Kier alpha value is -2.60. The SMILES string of the molecule is CCN1c2ccccc2SC1C=C1CCCC(C=C2C(O)=C(c3ccc4c(c3)C(C)CC(C)(C)N4)C2O)=C1Cl. The number of fused-ring (bicyclic) bond motifs is 2. The number of para-hydroxylation sites is 1. The first-order chi connectivity index (χ1) is 18.7. The summed E-state index contributed by atoms with van der Waals surface area (Å²) in [5.41, 5.74) is 7.88. The molecule has 0 amide bonds. The number of allylic oxidation sites excluding steroid dienone is 4. The number of hydrogen-bond donors (Lipinski definition) is 3. The molecule has 204 valence electrons. The third-order valence-electron chi connectivity index (χ3n) is 8.48. The third-order valence-corrected chi connectivity index (χ3v) is 10.2. The quantitative estimate of drug-likeness (QED) is 0.350. The van der Waals surface area contributed by atoms with Gasteiger partial charge in [0, 0.05) is 38.8 Å². The van der Waals surface area contributed by atoms with Crippen LogP contribution in [-0.4, -0.2) is 33.8 Å². The molecule has 0 fully saturated rings. The molecule has 0 saturated heterocycles. The van der Waals surface area contributed by atoms with Crippen LogP contribution in [0.4, 0.5) is 11.4 Å². The molecule has 2 aromatic carbocycles. The number of hydrogen-bond acceptors (Lipinski definition) is 5. The second kappa shape index (κ2) is 10.1. The Balaban J connectivity index is 1.27. The molecule has 6 heteroatoms. The molecule has 4 aliphatic rings. The molecule has 2 aliphatic carbocycles. The fourth-order valence-electron chi connectivity index (χ4n) is 6.62. The first kappa shape index (κ1) is 26.6. The summed E-state index contributed by atoms with van der Waals surface area (Å²) in [6.45, 7) is 9.80. The van der Waals surface area contributed by atoms with Crippen molar-refractivity contribution >= 4 is 40.3 Å². The van der Waals surface area contributed by atoms with Crippen LogP contribution in [0.15, 0.2) is 87.0 Å². The maximum absolute atomic E-state index is 11.1. The molecule has 6 rings (SSSR count). The maximum Gasteiger partial charge on any atom is 0.128 e. The van der Waals surface area contributed by atoms with E-state index in [4.69, 9.17) is 11.6 Å². The van der Waals surface area contributed by atoms with Crippen LogP contribution in [0.25, 0.3) is 5.57 Å². The molecule has 0 spiro atoms. The predicted octanol–water partition coefficient (Wildman–Crippen LogP) is 8.52. The van der Waals surface area contributed by atoms with Crippen molar-refractivity contribution in [1.82, 2.24) is 0 Å². The van der Waals surface area contributed by atoms with Crippen LogP contribution in [0.3, 0.4) is 0 Å². The zero-order valence-corrected chi connectivity index (χ0v) is 24.7. The van der Waals surface area contributed by atoms with Gasteiger partial charge in [-0.2, -0.15) is 0 Å². The van der Waals surface area contributed by atoms with Gasteiger partial charge in [0.2, 0.25) is 0 Å². The van der Waals surface area contributed by atoms with Gasteiger partial charge in [-0.15, -0.1) is 0 Å². The van der Waals surface area contributed by atoms with Crippen molar-refractivity contribution in [2.24, 2.45) is 0 Å². The Morgan fingerprint density at radius 1 is 1.18 bits per heavy atom. The number of nitrogens with one attached hydrogen (secondary N) is 1. The summed E-state index contributed by atoms with van der Waals surface area (Å²) >= 11 is 8.84. The number of nitrogens with zero attached hydrogens (tertiary/aromatic N) is 1. The average Bonchev–Trinajstić information content (AvgIpc) is 3.26. The van der Waals surface area contributed by atoms with Gasteiger partial charge in [-0.3, -0.25) is 0 Å². The lowest BCUT2D eigenvalue weighted by atomic mass is 9.77. The van der Waals surface area contributed by atoms with Gasteiger partial charge < -0.3 is 20.4 Å². The minimum atomic E-state index is -0.826. The largest absolute Gasteiger partial charge is 0.507 e. The number of benzene rings is 2. The highest BCUT2D eigenvalue weighted by Gasteiger charge is 2.37. The molecule has 2 heterocycles. The van der Waals surface area contributed by atoms with E-state index in [9.17, 15) is 10.2 Å². The topological polar surface area (TPSA) is 55.7 Å². The summed E-state index contributed by atoms with van der Waals surface area (Å²) in [6, 6.07) is 14.7. The number of aliphatic hydroxyl groups excluding tert-OH is 2. The second-order valence-electron chi connectivity index (χ2n) is 11.8. The average molecular weight is 561 g/mol. The van der Waals surface area contributed by atoms with E-state index in [0.29, 0.717) is 17.1 Å². The highest BCUT2D eigenvalue weighted by atomic mass is 35.5. The maximum atomic E-state index is 11.1. The standard InChI is InChI=1S/C33H37ClN2O2S/c1-5-36-26-11-6-7-12-27(26)39-28(36)17-22-10-8-9-21(30(22)34)16-24-31(37)29(32(24)38)20-13-14-25-23(15-20)19(2)18-33(3,4)35-25/h6-7,11-17,19,28,31,35,37-38H,5,8-10,18H2,1-4H3. The highest BCUT2D eigenvalue weighted by molar-refractivity contribution is 8.00. The zero-order valence-electron chi connectivity index (χ0n) is 23.1. The van der Waals surface area contributed by atoms with Gasteiger partial charge in [-0.05, 0) is 111 Å². The van der Waals surface area contributed by atoms with Crippen LogP contribution in [-0.2, 0) is 0 Å². The number of halogens is 1. The van der Waals surface area contributed by atoms with Crippen LogP contribution in [0, 0.1) is 0 Å². The molecule has 3 atom stereocenters. The fourth-order valence-corrected chi connectivity index (χ4v) is 8.28. The van der Waals surface area contributed by atoms with Gasteiger partial charge in [0.15, 0.2) is 0 Å². The summed E-state index contributed by atoms with van der Waals surface area (Å²) in [4.78, 5) is 3.71. The minimum Gasteiger partial charge on any atom is -0.507 e. The number of aliphatic hydroxyl groups is 2. The van der Waals surface area contributed by atoms with Gasteiger partial charge in [0.25, 0.3) is 0 Å². The Morgan fingerprint density at radius 2 is 1.97 bits per heavy atom. The molecule has 0 aromatic heterocycles. The molecule has 0 bridgehead atoms. The lowest BCUT2D eigenvalue weighted by Gasteiger charge is -2.38. The number of thioether (sulfide) groups is 1. The van der Waals surface area contributed by atoms with Crippen LogP contribution in [0.2, 0.25) is 0 Å². The van der Waals surface area contributed by atoms with Crippen LogP contribution >= 0.6 is 23.4 Å². The van der Waals surface area contributed by atoms with E-state index in [-0.39, 0.29) is 16.7 Å². The Bertz CT molecular complexity index is 1450. The van der Waals surface area contributed by atoms with Gasteiger partial charge in [0.05, 0.1) is 11.1 Å². The van der Waals surface area contributed by atoms with Crippen molar-refractivity contribution in [3.8, 4) is 0 Å². The normalized spacial score (nSPS) is 27.9. The number of anilines is 2. The molecule has 39 heavy (non-hydrogen) atoms. The van der Waals surface area contributed by atoms with E-state index in [2.05, 4.69) is 80.4 Å². The molecule has 4 nitrogen and oxygen atoms in total. The molecule has 3 N–H and O–H groups in total. The van der Waals surface area contributed by atoms with E-state index in [0.717, 1.165) is 59.7 Å². The Morgan fingerprint density at radius 3 is 2.74 bits per heavy atom. The van der Waals surface area contributed by atoms with Crippen molar-refractivity contribution in [3.05, 3.63) is 93.3 Å². The van der Waals surface area contributed by atoms with Gasteiger partial charge in [-0.1, -0.05) is 48.5 Å². The van der Waals surface area contributed by atoms with Gasteiger partial charge in [-0.25, -0.2) is 0 Å². The first-order valence-corrected chi connectivity index (χ1v) is 15.3. The lowest BCUT2D eigenvalue weighted by molar-refractivity contribution is 0.230. The highest BCUT2D eigenvalue weighted by Crippen LogP contribution is 2.47. The van der Waals surface area contributed by atoms with Crippen molar-refractivity contribution in [1.29, 1.82) is 0 Å². The van der Waals surface area contributed by atoms with Crippen LogP contribution in [0.5, 0.6) is 0 Å². The second-order valence-corrected chi connectivity index (χ2v) is 13.4. The van der Waals surface area contributed by atoms with Crippen molar-refractivity contribution in [2.45, 2.75) is 81.2 Å². The number of rotatable bonds is 4. The predicted molar refractivity (Wildman–Crippen MR) is 165 cm³/mol. The van der Waals surface area contributed by atoms with Gasteiger partial charge >= 0.3 is 0 Å². The monoisotopic (exact) mass is 560 g/mol. The summed E-state index contributed by atoms with van der Waals surface area (Å²) in [5.74, 6) is 0.572. The lowest BCUT2D eigenvalue weighted by Crippen LogP contribution is -2.36. The summed E-state index contributed by atoms with van der Waals surface area (Å²) in [7, 11) is 0. The first-order valence-electron chi connectivity index (χ1n) is 14.0. The Labute approximate surface area is 241 Å². The van der Waals surface area contributed by atoms with Crippen LogP contribution in [0.1, 0.15) is 70.4 Å². The molecule has 2 aromatic rings. The van der Waals surface area contributed by atoms with E-state index in [1.54, 1.807) is 0 Å². The summed E-state index contributed by atoms with van der Waals surface area (Å²) in [5, 5.41) is 26.8.